The Balaban J connectivity index is 2.13. The van der Waals surface area contributed by atoms with Crippen molar-refractivity contribution in [2.45, 2.75) is 11.4 Å². The summed E-state index contributed by atoms with van der Waals surface area (Å²) in [6.45, 7) is 0.752. The van der Waals surface area contributed by atoms with Gasteiger partial charge in [0.15, 0.2) is 0 Å². The van der Waals surface area contributed by atoms with E-state index in [2.05, 4.69) is 15.3 Å². The summed E-state index contributed by atoms with van der Waals surface area (Å²) < 4.78 is 5.67. The first-order valence-corrected chi connectivity index (χ1v) is 6.82. The Morgan fingerprint density at radius 2 is 1.94 bits per heavy atom. The summed E-state index contributed by atoms with van der Waals surface area (Å²) in [5, 5.41) is 3.05. The van der Waals surface area contributed by atoms with Crippen LogP contribution in [0.5, 0.6) is 11.8 Å². The lowest BCUT2D eigenvalue weighted by Crippen LogP contribution is -2.06. The second-order valence-corrected chi connectivity index (χ2v) is 4.51. The van der Waals surface area contributed by atoms with E-state index in [1.807, 2.05) is 37.6 Å². The maximum absolute atomic E-state index is 5.67. The molecule has 1 aromatic carbocycles. The van der Waals surface area contributed by atoms with Crippen molar-refractivity contribution in [1.82, 2.24) is 15.3 Å². The van der Waals surface area contributed by atoms with Gasteiger partial charge in [0.2, 0.25) is 0 Å². The molecule has 2 rings (SSSR count). The standard InChI is InChI=1S/C13H15N3OS/c1-14-7-10-8-15-13(16-9-10)17-11-5-3-4-6-12(11)18-2/h3-6,8-9,14H,7H2,1-2H3. The summed E-state index contributed by atoms with van der Waals surface area (Å²) in [6, 6.07) is 8.21. The smallest absolute Gasteiger partial charge is 0.321 e. The second kappa shape index (κ2) is 6.37. The topological polar surface area (TPSA) is 47.0 Å². The van der Waals surface area contributed by atoms with Gasteiger partial charge in [0.1, 0.15) is 5.75 Å². The number of rotatable bonds is 5. The number of hydrogen-bond acceptors (Lipinski definition) is 5. The Hall–Kier alpha value is -1.59. The molecule has 0 bridgehead atoms. The lowest BCUT2D eigenvalue weighted by Gasteiger charge is -2.07. The molecule has 5 heteroatoms. The molecule has 1 heterocycles. The van der Waals surface area contributed by atoms with Gasteiger partial charge in [0, 0.05) is 29.4 Å². The molecule has 0 aliphatic rings. The van der Waals surface area contributed by atoms with Crippen LogP contribution in [0, 0.1) is 0 Å². The first kappa shape index (κ1) is 12.9. The molecule has 18 heavy (non-hydrogen) atoms. The van der Waals surface area contributed by atoms with E-state index in [0.717, 1.165) is 22.8 Å². The number of thioether (sulfide) groups is 1. The predicted molar refractivity (Wildman–Crippen MR) is 73.1 cm³/mol. The van der Waals surface area contributed by atoms with Crippen LogP contribution in [0.2, 0.25) is 0 Å². The molecular formula is C13H15N3OS. The van der Waals surface area contributed by atoms with Crippen LogP contribution in [0.1, 0.15) is 5.56 Å². The Kier molecular flexibility index (Phi) is 4.55. The molecule has 0 radical (unpaired) electrons. The molecule has 0 aliphatic heterocycles. The molecular weight excluding hydrogens is 246 g/mol. The van der Waals surface area contributed by atoms with Crippen molar-refractivity contribution < 1.29 is 4.74 Å². The van der Waals surface area contributed by atoms with Gasteiger partial charge in [-0.1, -0.05) is 12.1 Å². The monoisotopic (exact) mass is 261 g/mol. The predicted octanol–water partition coefficient (Wildman–Crippen LogP) is 2.71. The van der Waals surface area contributed by atoms with Gasteiger partial charge in [-0.2, -0.15) is 0 Å². The van der Waals surface area contributed by atoms with Gasteiger partial charge in [-0.05, 0) is 25.4 Å². The third-order valence-corrected chi connectivity index (χ3v) is 3.11. The van der Waals surface area contributed by atoms with Gasteiger partial charge in [0.25, 0.3) is 0 Å². The van der Waals surface area contributed by atoms with Crippen LogP contribution >= 0.6 is 11.8 Å². The average molecular weight is 261 g/mol. The number of nitrogens with one attached hydrogen (secondary N) is 1. The molecule has 4 nitrogen and oxygen atoms in total. The summed E-state index contributed by atoms with van der Waals surface area (Å²) in [5.41, 5.74) is 1.03. The molecule has 1 aromatic heterocycles. The quantitative estimate of drug-likeness (QED) is 0.839. The minimum atomic E-state index is 0.372. The third-order valence-electron chi connectivity index (χ3n) is 2.33. The average Bonchev–Trinajstić information content (AvgIpc) is 2.42. The van der Waals surface area contributed by atoms with Crippen molar-refractivity contribution in [2.24, 2.45) is 0 Å². The van der Waals surface area contributed by atoms with Crippen LogP contribution in [0.3, 0.4) is 0 Å². The van der Waals surface area contributed by atoms with E-state index in [4.69, 9.17) is 4.74 Å². The molecule has 0 unspecified atom stereocenters. The van der Waals surface area contributed by atoms with Crippen molar-refractivity contribution in [1.29, 1.82) is 0 Å². The van der Waals surface area contributed by atoms with Gasteiger partial charge in [-0.3, -0.25) is 0 Å². The molecule has 0 amide bonds. The van der Waals surface area contributed by atoms with Crippen molar-refractivity contribution in [3.63, 3.8) is 0 Å². The minimum Gasteiger partial charge on any atom is -0.423 e. The van der Waals surface area contributed by atoms with E-state index >= 15 is 0 Å². The van der Waals surface area contributed by atoms with E-state index < -0.39 is 0 Å². The molecule has 0 saturated heterocycles. The molecule has 0 saturated carbocycles. The SMILES string of the molecule is CNCc1cnc(Oc2ccccc2SC)nc1. The highest BCUT2D eigenvalue weighted by Crippen LogP contribution is 2.29. The van der Waals surface area contributed by atoms with Crippen LogP contribution < -0.4 is 10.1 Å². The third kappa shape index (κ3) is 3.21. The van der Waals surface area contributed by atoms with Gasteiger partial charge >= 0.3 is 6.01 Å². The summed E-state index contributed by atoms with van der Waals surface area (Å²) >= 11 is 1.64. The highest BCUT2D eigenvalue weighted by molar-refractivity contribution is 7.98. The van der Waals surface area contributed by atoms with E-state index in [0.29, 0.717) is 6.01 Å². The fraction of sp³-hybridized carbons (Fsp3) is 0.231. The van der Waals surface area contributed by atoms with Crippen molar-refractivity contribution >= 4 is 11.8 Å². The molecule has 0 aliphatic carbocycles. The van der Waals surface area contributed by atoms with E-state index in [-0.39, 0.29) is 0 Å². The second-order valence-electron chi connectivity index (χ2n) is 3.66. The highest BCUT2D eigenvalue weighted by Gasteiger charge is 2.05. The molecule has 0 atom stereocenters. The zero-order chi connectivity index (χ0) is 12.8. The minimum absolute atomic E-state index is 0.372. The van der Waals surface area contributed by atoms with Crippen LogP contribution in [-0.4, -0.2) is 23.3 Å². The summed E-state index contributed by atoms with van der Waals surface area (Å²) in [7, 11) is 1.89. The molecule has 1 N–H and O–H groups in total. The fourth-order valence-electron chi connectivity index (χ4n) is 1.49. The zero-order valence-electron chi connectivity index (χ0n) is 10.4. The van der Waals surface area contributed by atoms with Crippen LogP contribution in [0.4, 0.5) is 0 Å². The number of ether oxygens (including phenoxy) is 1. The normalized spacial score (nSPS) is 10.3. The fourth-order valence-corrected chi connectivity index (χ4v) is 2.02. The van der Waals surface area contributed by atoms with Crippen LogP contribution in [0.25, 0.3) is 0 Å². The van der Waals surface area contributed by atoms with Gasteiger partial charge in [-0.15, -0.1) is 11.8 Å². The van der Waals surface area contributed by atoms with Crippen molar-refractivity contribution in [3.05, 3.63) is 42.2 Å². The van der Waals surface area contributed by atoms with Crippen LogP contribution in [-0.2, 0) is 6.54 Å². The van der Waals surface area contributed by atoms with Crippen LogP contribution in [0.15, 0.2) is 41.6 Å². The van der Waals surface area contributed by atoms with E-state index in [1.54, 1.807) is 24.2 Å². The number of nitrogens with zero attached hydrogens (tertiary/aromatic N) is 2. The first-order chi connectivity index (χ1) is 8.83. The lowest BCUT2D eigenvalue weighted by atomic mass is 10.3. The summed E-state index contributed by atoms with van der Waals surface area (Å²) in [4.78, 5) is 9.44. The van der Waals surface area contributed by atoms with E-state index in [1.165, 1.54) is 0 Å². The molecule has 2 aromatic rings. The zero-order valence-corrected chi connectivity index (χ0v) is 11.2. The maximum atomic E-state index is 5.67. The molecule has 94 valence electrons. The van der Waals surface area contributed by atoms with Gasteiger partial charge in [-0.25, -0.2) is 9.97 Å². The Bertz CT molecular complexity index is 502. The maximum Gasteiger partial charge on any atom is 0.321 e. The van der Waals surface area contributed by atoms with Gasteiger partial charge in [0.05, 0.1) is 0 Å². The number of aromatic nitrogens is 2. The van der Waals surface area contributed by atoms with Crippen molar-refractivity contribution in [2.75, 3.05) is 13.3 Å². The first-order valence-electron chi connectivity index (χ1n) is 5.60. The number of hydrogen-bond donors (Lipinski definition) is 1. The Morgan fingerprint density at radius 1 is 1.22 bits per heavy atom. The Morgan fingerprint density at radius 3 is 2.61 bits per heavy atom. The van der Waals surface area contributed by atoms with E-state index in [9.17, 15) is 0 Å². The highest BCUT2D eigenvalue weighted by atomic mass is 32.2. The number of benzene rings is 1. The molecule has 0 spiro atoms. The Labute approximate surface area is 111 Å². The summed E-state index contributed by atoms with van der Waals surface area (Å²) in [6.07, 6.45) is 5.54. The lowest BCUT2D eigenvalue weighted by molar-refractivity contribution is 0.431. The summed E-state index contributed by atoms with van der Waals surface area (Å²) in [5.74, 6) is 0.784. The number of para-hydroxylation sites is 1. The molecule has 0 fully saturated rings. The van der Waals surface area contributed by atoms with Crippen molar-refractivity contribution in [3.8, 4) is 11.8 Å². The van der Waals surface area contributed by atoms with Gasteiger partial charge < -0.3 is 10.1 Å². The largest absolute Gasteiger partial charge is 0.423 e.